The highest BCUT2D eigenvalue weighted by molar-refractivity contribution is 7.89. The van der Waals surface area contributed by atoms with Crippen LogP contribution in [0.2, 0.25) is 0 Å². The molecule has 184 valence electrons. The van der Waals surface area contributed by atoms with Crippen molar-refractivity contribution in [2.24, 2.45) is 0 Å². The van der Waals surface area contributed by atoms with Crippen molar-refractivity contribution < 1.29 is 17.9 Å². The Hall–Kier alpha value is -2.49. The fraction of sp³-hybridized carbons (Fsp3) is 0.440. The summed E-state index contributed by atoms with van der Waals surface area (Å²) in [5.74, 6) is 0.203. The molecule has 3 N–H and O–H groups in total. The summed E-state index contributed by atoms with van der Waals surface area (Å²) in [6, 6.07) is 13.9. The lowest BCUT2D eigenvalue weighted by atomic mass is 9.87. The Morgan fingerprint density at radius 3 is 2.21 bits per heavy atom. The largest absolute Gasteiger partial charge is 0.484 e. The van der Waals surface area contributed by atoms with Gasteiger partial charge in [-0.25, -0.2) is 13.1 Å². The van der Waals surface area contributed by atoms with E-state index in [1.165, 1.54) is 17.7 Å². The van der Waals surface area contributed by atoms with Gasteiger partial charge in [-0.05, 0) is 72.4 Å². The van der Waals surface area contributed by atoms with Crippen molar-refractivity contribution in [3.05, 3.63) is 54.1 Å². The molecule has 3 rings (SSSR count). The molecule has 7 nitrogen and oxygen atoms in total. The predicted octanol–water partition coefficient (Wildman–Crippen LogP) is 4.49. The average Bonchev–Trinajstić information content (AvgIpc) is 2.78. The van der Waals surface area contributed by atoms with Crippen LogP contribution in [0, 0.1) is 0 Å². The molecule has 2 aromatic rings. The van der Waals surface area contributed by atoms with Gasteiger partial charge in [-0.3, -0.25) is 10.1 Å². The van der Waals surface area contributed by atoms with E-state index < -0.39 is 15.9 Å². The zero-order valence-corrected chi connectivity index (χ0v) is 21.5. The molecule has 0 aromatic heterocycles. The van der Waals surface area contributed by atoms with E-state index >= 15 is 0 Å². The van der Waals surface area contributed by atoms with E-state index in [9.17, 15) is 13.2 Å². The summed E-state index contributed by atoms with van der Waals surface area (Å²) >= 11 is 5.19. The third-order valence-electron chi connectivity index (χ3n) is 5.69. The van der Waals surface area contributed by atoms with E-state index in [2.05, 4.69) is 36.1 Å². The van der Waals surface area contributed by atoms with E-state index in [0.29, 0.717) is 11.4 Å². The Bertz CT molecular complexity index is 1090. The van der Waals surface area contributed by atoms with Gasteiger partial charge in [0.05, 0.1) is 4.90 Å². The second-order valence-electron chi connectivity index (χ2n) is 9.55. The summed E-state index contributed by atoms with van der Waals surface area (Å²) < 4.78 is 33.5. The van der Waals surface area contributed by atoms with Crippen LogP contribution in [0.25, 0.3) is 0 Å². The quantitative estimate of drug-likeness (QED) is 0.482. The van der Waals surface area contributed by atoms with Gasteiger partial charge < -0.3 is 10.1 Å². The summed E-state index contributed by atoms with van der Waals surface area (Å²) in [5, 5.41) is 5.55. The number of nitrogens with one attached hydrogen (secondary N) is 3. The first-order valence-corrected chi connectivity index (χ1v) is 13.4. The van der Waals surface area contributed by atoms with Crippen LogP contribution in [0.4, 0.5) is 5.69 Å². The molecule has 0 atom stereocenters. The third kappa shape index (κ3) is 7.78. The van der Waals surface area contributed by atoms with Gasteiger partial charge in [0, 0.05) is 11.7 Å². The van der Waals surface area contributed by atoms with Crippen molar-refractivity contribution in [1.82, 2.24) is 10.0 Å². The zero-order valence-electron chi connectivity index (χ0n) is 19.9. The van der Waals surface area contributed by atoms with Gasteiger partial charge in [0.25, 0.3) is 5.91 Å². The molecular formula is C25H33N3O4S2. The van der Waals surface area contributed by atoms with E-state index in [1.54, 1.807) is 12.1 Å². The van der Waals surface area contributed by atoms with E-state index in [0.717, 1.165) is 32.1 Å². The fourth-order valence-electron chi connectivity index (χ4n) is 3.75. The molecule has 1 fully saturated rings. The van der Waals surface area contributed by atoms with Gasteiger partial charge in [-0.1, -0.05) is 52.2 Å². The molecule has 1 amide bonds. The lowest BCUT2D eigenvalue weighted by Crippen LogP contribution is -2.37. The van der Waals surface area contributed by atoms with Crippen LogP contribution in [-0.4, -0.2) is 32.1 Å². The van der Waals surface area contributed by atoms with Gasteiger partial charge in [0.2, 0.25) is 10.0 Å². The molecule has 0 radical (unpaired) electrons. The minimum Gasteiger partial charge on any atom is -0.484 e. The van der Waals surface area contributed by atoms with E-state index in [-0.39, 0.29) is 28.1 Å². The number of amides is 1. The number of ether oxygens (including phenoxy) is 1. The van der Waals surface area contributed by atoms with Gasteiger partial charge in [0.1, 0.15) is 5.75 Å². The monoisotopic (exact) mass is 503 g/mol. The highest BCUT2D eigenvalue weighted by atomic mass is 32.2. The topological polar surface area (TPSA) is 96.5 Å². The Kier molecular flexibility index (Phi) is 8.67. The summed E-state index contributed by atoms with van der Waals surface area (Å²) in [6.07, 6.45) is 5.00. The predicted molar refractivity (Wildman–Crippen MR) is 139 cm³/mol. The minimum atomic E-state index is -3.57. The number of anilines is 1. The third-order valence-corrected chi connectivity index (χ3v) is 7.43. The highest BCUT2D eigenvalue weighted by Crippen LogP contribution is 2.24. The molecule has 0 aliphatic heterocycles. The molecule has 1 aliphatic rings. The maximum atomic E-state index is 12.6. The van der Waals surface area contributed by atoms with Crippen LogP contribution in [0.5, 0.6) is 5.75 Å². The highest BCUT2D eigenvalue weighted by Gasteiger charge is 2.21. The van der Waals surface area contributed by atoms with Crippen molar-refractivity contribution in [1.29, 1.82) is 0 Å². The normalized spacial score (nSPS) is 14.9. The number of benzene rings is 2. The zero-order chi connectivity index (χ0) is 24.8. The Labute approximate surface area is 207 Å². The summed E-state index contributed by atoms with van der Waals surface area (Å²) in [4.78, 5) is 12.4. The number of hydrogen-bond acceptors (Lipinski definition) is 5. The number of sulfonamides is 1. The van der Waals surface area contributed by atoms with Crippen molar-refractivity contribution >= 4 is 38.9 Å². The second-order valence-corrected chi connectivity index (χ2v) is 11.7. The summed E-state index contributed by atoms with van der Waals surface area (Å²) in [7, 11) is -3.57. The second kappa shape index (κ2) is 11.3. The lowest BCUT2D eigenvalue weighted by Gasteiger charge is -2.22. The van der Waals surface area contributed by atoms with Gasteiger partial charge >= 0.3 is 0 Å². The van der Waals surface area contributed by atoms with Crippen molar-refractivity contribution in [2.45, 2.75) is 69.2 Å². The maximum Gasteiger partial charge on any atom is 0.264 e. The molecule has 0 unspecified atom stereocenters. The van der Waals surface area contributed by atoms with Gasteiger partial charge in [-0.2, -0.15) is 0 Å². The molecule has 0 saturated heterocycles. The standard InChI is InChI=1S/C25H33N3O4S2/c1-25(2,3)18-9-13-21(14-10-18)32-17-23(29)27-24(33)26-19-11-15-22(16-12-19)34(30,31)28-20-7-5-4-6-8-20/h9-16,20,28H,4-8,17H2,1-3H3,(H2,26,27,29,33). The first kappa shape index (κ1) is 26.1. The van der Waals surface area contributed by atoms with Gasteiger partial charge in [0.15, 0.2) is 11.7 Å². The molecule has 0 bridgehead atoms. The Balaban J connectivity index is 1.46. The average molecular weight is 504 g/mol. The molecule has 0 heterocycles. The summed E-state index contributed by atoms with van der Waals surface area (Å²) in [5.41, 5.74) is 1.79. The number of hydrogen-bond donors (Lipinski definition) is 3. The fourth-order valence-corrected chi connectivity index (χ4v) is 5.29. The Morgan fingerprint density at radius 1 is 1.00 bits per heavy atom. The Morgan fingerprint density at radius 2 is 1.62 bits per heavy atom. The number of thiocarbonyl (C=S) groups is 1. The molecule has 1 saturated carbocycles. The smallest absolute Gasteiger partial charge is 0.264 e. The minimum absolute atomic E-state index is 0.00186. The number of rotatable bonds is 7. The number of carbonyl (C=O) groups excluding carboxylic acids is 1. The van der Waals surface area contributed by atoms with E-state index in [4.69, 9.17) is 17.0 Å². The van der Waals surface area contributed by atoms with Gasteiger partial charge in [-0.15, -0.1) is 0 Å². The van der Waals surface area contributed by atoms with Crippen LogP contribution in [0.1, 0.15) is 58.4 Å². The maximum absolute atomic E-state index is 12.6. The molecule has 0 spiro atoms. The van der Waals surface area contributed by atoms with Crippen LogP contribution in [0.3, 0.4) is 0 Å². The van der Waals surface area contributed by atoms with Crippen molar-refractivity contribution in [2.75, 3.05) is 11.9 Å². The van der Waals surface area contributed by atoms with Crippen molar-refractivity contribution in [3.8, 4) is 5.75 Å². The molecule has 1 aliphatic carbocycles. The van der Waals surface area contributed by atoms with Crippen LogP contribution in [0.15, 0.2) is 53.4 Å². The SMILES string of the molecule is CC(C)(C)c1ccc(OCC(=O)NC(=S)Nc2ccc(S(=O)(=O)NC3CCCCC3)cc2)cc1. The number of carbonyl (C=O) groups is 1. The summed E-state index contributed by atoms with van der Waals surface area (Å²) in [6.45, 7) is 6.21. The van der Waals surface area contributed by atoms with Crippen LogP contribution < -0.4 is 20.1 Å². The molecule has 2 aromatic carbocycles. The molecule has 34 heavy (non-hydrogen) atoms. The lowest BCUT2D eigenvalue weighted by molar-refractivity contribution is -0.121. The van der Waals surface area contributed by atoms with Crippen LogP contribution >= 0.6 is 12.2 Å². The van der Waals surface area contributed by atoms with E-state index in [1.807, 2.05) is 24.3 Å². The first-order chi connectivity index (χ1) is 16.0. The van der Waals surface area contributed by atoms with Crippen LogP contribution in [-0.2, 0) is 20.2 Å². The first-order valence-electron chi connectivity index (χ1n) is 11.5. The van der Waals surface area contributed by atoms with Crippen molar-refractivity contribution in [3.63, 3.8) is 0 Å². The molecule has 9 heteroatoms. The molecular weight excluding hydrogens is 470 g/mol.